The van der Waals surface area contributed by atoms with E-state index in [1.54, 1.807) is 0 Å². The Labute approximate surface area is 90.5 Å². The molecule has 0 saturated heterocycles. The van der Waals surface area contributed by atoms with E-state index in [0.29, 0.717) is 6.42 Å². The van der Waals surface area contributed by atoms with Crippen molar-refractivity contribution in [3.8, 4) is 0 Å². The Morgan fingerprint density at radius 1 is 1.47 bits per heavy atom. The Morgan fingerprint density at radius 2 is 2.27 bits per heavy atom. The topological polar surface area (TPSA) is 53.1 Å². The largest absolute Gasteiger partial charge is 0.480 e. The number of carbonyl (C=O) groups is 1. The van der Waals surface area contributed by atoms with E-state index in [4.69, 9.17) is 5.11 Å². The molecule has 0 radical (unpaired) electrons. The normalized spacial score (nSPS) is 19.3. The lowest BCUT2D eigenvalue weighted by molar-refractivity contribution is -0.136. The minimum atomic E-state index is -0.728. The van der Waals surface area contributed by atoms with Crippen LogP contribution in [0.15, 0.2) is 29.3 Å². The van der Waals surface area contributed by atoms with Crippen LogP contribution in [0, 0.1) is 0 Å². The molecule has 2 aromatic rings. The van der Waals surface area contributed by atoms with Gasteiger partial charge in [0.05, 0.1) is 5.03 Å². The molecule has 1 aliphatic rings. The molecule has 0 aliphatic carbocycles. The summed E-state index contributed by atoms with van der Waals surface area (Å²) in [5.41, 5.74) is 2.25. The highest BCUT2D eigenvalue weighted by Crippen LogP contribution is 2.40. The fourth-order valence-corrected chi connectivity index (χ4v) is 3.13. The number of benzene rings is 1. The predicted octanol–water partition coefficient (Wildman–Crippen LogP) is 2.27. The van der Waals surface area contributed by atoms with E-state index in [0.717, 1.165) is 21.5 Å². The zero-order valence-corrected chi connectivity index (χ0v) is 8.67. The molecular weight excluding hydrogens is 210 g/mol. The summed E-state index contributed by atoms with van der Waals surface area (Å²) in [6.45, 7) is 0. The van der Waals surface area contributed by atoms with E-state index in [-0.39, 0.29) is 5.25 Å². The van der Waals surface area contributed by atoms with Gasteiger partial charge in [-0.05, 0) is 18.1 Å². The molecule has 0 bridgehead atoms. The van der Waals surface area contributed by atoms with E-state index < -0.39 is 5.97 Å². The Hall–Kier alpha value is -1.42. The summed E-state index contributed by atoms with van der Waals surface area (Å²) in [5.74, 6) is -0.728. The number of H-pyrrole nitrogens is 1. The summed E-state index contributed by atoms with van der Waals surface area (Å²) in [5, 5.41) is 10.8. The van der Waals surface area contributed by atoms with Crippen molar-refractivity contribution in [2.75, 3.05) is 0 Å². The van der Waals surface area contributed by atoms with E-state index in [2.05, 4.69) is 4.98 Å². The number of aromatic amines is 1. The second kappa shape index (κ2) is 3.03. The molecule has 4 heteroatoms. The minimum Gasteiger partial charge on any atom is -0.480 e. The fraction of sp³-hybridized carbons (Fsp3) is 0.182. The number of hydrogen-bond acceptors (Lipinski definition) is 2. The van der Waals surface area contributed by atoms with Crippen LogP contribution in [-0.4, -0.2) is 21.3 Å². The van der Waals surface area contributed by atoms with Gasteiger partial charge in [-0.25, -0.2) is 0 Å². The first kappa shape index (κ1) is 8.85. The van der Waals surface area contributed by atoms with Gasteiger partial charge in [-0.1, -0.05) is 30.0 Å². The van der Waals surface area contributed by atoms with Crippen molar-refractivity contribution in [3.05, 3.63) is 29.8 Å². The molecule has 1 atom stereocenters. The average Bonchev–Trinajstić information content (AvgIpc) is 2.73. The Bertz CT molecular complexity index is 547. The first-order valence-corrected chi connectivity index (χ1v) is 5.63. The molecule has 2 heterocycles. The van der Waals surface area contributed by atoms with Crippen molar-refractivity contribution in [2.24, 2.45) is 0 Å². The maximum Gasteiger partial charge on any atom is 0.317 e. The van der Waals surface area contributed by atoms with E-state index in [1.807, 2.05) is 24.3 Å². The first-order valence-electron chi connectivity index (χ1n) is 4.75. The molecule has 1 aliphatic heterocycles. The van der Waals surface area contributed by atoms with Crippen LogP contribution in [0.5, 0.6) is 0 Å². The minimum absolute atomic E-state index is 0.323. The number of carboxylic acid groups (broad SMARTS) is 1. The Balaban J connectivity index is 2.12. The number of carboxylic acids is 1. The van der Waals surface area contributed by atoms with Gasteiger partial charge in [-0.3, -0.25) is 4.79 Å². The maximum atomic E-state index is 10.9. The molecule has 0 spiro atoms. The zero-order chi connectivity index (χ0) is 10.4. The van der Waals surface area contributed by atoms with Crippen LogP contribution < -0.4 is 0 Å². The summed E-state index contributed by atoms with van der Waals surface area (Å²) in [7, 11) is 0. The van der Waals surface area contributed by atoms with Crippen molar-refractivity contribution >= 4 is 28.6 Å². The van der Waals surface area contributed by atoms with Crippen LogP contribution in [0.3, 0.4) is 0 Å². The Kier molecular flexibility index (Phi) is 1.79. The van der Waals surface area contributed by atoms with E-state index in [9.17, 15) is 4.79 Å². The standard InChI is InChI=1S/C11H9NO2S/c13-11(14)9-5-7-6-3-1-2-4-8(6)12-10(7)15-9/h1-4,9,12H,5H2,(H,13,14)/t9-/m0/s1. The molecule has 0 fully saturated rings. The number of nitrogens with one attached hydrogen (secondary N) is 1. The third kappa shape index (κ3) is 1.25. The molecule has 15 heavy (non-hydrogen) atoms. The van der Waals surface area contributed by atoms with Gasteiger partial charge in [0.2, 0.25) is 0 Å². The van der Waals surface area contributed by atoms with Crippen LogP contribution in [0.2, 0.25) is 0 Å². The van der Waals surface area contributed by atoms with Gasteiger partial charge in [-0.15, -0.1) is 0 Å². The lowest BCUT2D eigenvalue weighted by atomic mass is 10.1. The Morgan fingerprint density at radius 3 is 3.07 bits per heavy atom. The molecule has 3 nitrogen and oxygen atoms in total. The third-order valence-electron chi connectivity index (χ3n) is 2.70. The van der Waals surface area contributed by atoms with Crippen molar-refractivity contribution in [3.63, 3.8) is 0 Å². The first-order chi connectivity index (χ1) is 7.25. The number of aromatic nitrogens is 1. The summed E-state index contributed by atoms with van der Waals surface area (Å²) < 4.78 is 0. The number of rotatable bonds is 1. The summed E-state index contributed by atoms with van der Waals surface area (Å²) in [6, 6.07) is 8.02. The lowest BCUT2D eigenvalue weighted by Crippen LogP contribution is -2.14. The van der Waals surface area contributed by atoms with Gasteiger partial charge in [-0.2, -0.15) is 0 Å². The average molecular weight is 219 g/mol. The number of hydrogen-bond donors (Lipinski definition) is 2. The zero-order valence-electron chi connectivity index (χ0n) is 7.86. The number of fused-ring (bicyclic) bond motifs is 3. The highest BCUT2D eigenvalue weighted by atomic mass is 32.2. The van der Waals surface area contributed by atoms with Gasteiger partial charge in [0, 0.05) is 10.9 Å². The second-order valence-electron chi connectivity index (χ2n) is 3.63. The van der Waals surface area contributed by atoms with Crippen molar-refractivity contribution < 1.29 is 9.90 Å². The van der Waals surface area contributed by atoms with Gasteiger partial charge < -0.3 is 10.1 Å². The molecule has 0 amide bonds. The van der Waals surface area contributed by atoms with Gasteiger partial charge in [0.25, 0.3) is 0 Å². The summed E-state index contributed by atoms with van der Waals surface area (Å²) in [4.78, 5) is 14.1. The van der Waals surface area contributed by atoms with Crippen molar-refractivity contribution in [1.82, 2.24) is 4.98 Å². The molecule has 1 aromatic heterocycles. The second-order valence-corrected chi connectivity index (χ2v) is 4.84. The number of aliphatic carboxylic acids is 1. The van der Waals surface area contributed by atoms with Crippen molar-refractivity contribution in [1.29, 1.82) is 0 Å². The molecular formula is C11H9NO2S. The molecule has 2 N–H and O–H groups in total. The smallest absolute Gasteiger partial charge is 0.317 e. The quantitative estimate of drug-likeness (QED) is 0.773. The molecule has 1 aromatic carbocycles. The predicted molar refractivity (Wildman–Crippen MR) is 59.3 cm³/mol. The molecule has 76 valence electrons. The van der Waals surface area contributed by atoms with Crippen LogP contribution in [0.25, 0.3) is 10.9 Å². The summed E-state index contributed by atoms with van der Waals surface area (Å²) >= 11 is 1.41. The molecule has 0 saturated carbocycles. The third-order valence-corrected chi connectivity index (χ3v) is 3.94. The fourth-order valence-electron chi connectivity index (χ4n) is 1.99. The lowest BCUT2D eigenvalue weighted by Gasteiger charge is -2.00. The summed E-state index contributed by atoms with van der Waals surface area (Å²) in [6.07, 6.45) is 0.624. The van der Waals surface area contributed by atoms with Gasteiger partial charge in [0.1, 0.15) is 5.25 Å². The SMILES string of the molecule is O=C(O)[C@@H]1Cc2c([nH]c3ccccc23)S1. The van der Waals surface area contributed by atoms with E-state index in [1.165, 1.54) is 11.8 Å². The van der Waals surface area contributed by atoms with Crippen LogP contribution in [-0.2, 0) is 11.2 Å². The molecule has 3 rings (SSSR count). The van der Waals surface area contributed by atoms with Gasteiger partial charge >= 0.3 is 5.97 Å². The highest BCUT2D eigenvalue weighted by Gasteiger charge is 2.30. The molecule has 0 unspecified atom stereocenters. The monoisotopic (exact) mass is 219 g/mol. The highest BCUT2D eigenvalue weighted by molar-refractivity contribution is 8.00. The maximum absolute atomic E-state index is 10.9. The number of thioether (sulfide) groups is 1. The van der Waals surface area contributed by atoms with Gasteiger partial charge in [0.15, 0.2) is 0 Å². The van der Waals surface area contributed by atoms with Crippen LogP contribution in [0.4, 0.5) is 0 Å². The van der Waals surface area contributed by atoms with Crippen molar-refractivity contribution in [2.45, 2.75) is 16.7 Å². The van der Waals surface area contributed by atoms with Crippen LogP contribution in [0.1, 0.15) is 5.56 Å². The number of para-hydroxylation sites is 1. The van der Waals surface area contributed by atoms with E-state index >= 15 is 0 Å². The van der Waals surface area contributed by atoms with Crippen LogP contribution >= 0.6 is 11.8 Å².